The second-order valence-electron chi connectivity index (χ2n) is 6.17. The summed E-state index contributed by atoms with van der Waals surface area (Å²) < 4.78 is 2.69. The molecule has 0 fully saturated rings. The molecule has 0 aliphatic heterocycles. The largest absolute Gasteiger partial charge is 0.367 e. The van der Waals surface area contributed by atoms with Gasteiger partial charge in [-0.2, -0.15) is 5.10 Å². The summed E-state index contributed by atoms with van der Waals surface area (Å²) in [6.45, 7) is 9.05. The van der Waals surface area contributed by atoms with Gasteiger partial charge in [0.05, 0.1) is 10.7 Å². The van der Waals surface area contributed by atoms with Gasteiger partial charge in [0, 0.05) is 12.2 Å². The minimum atomic E-state index is 0.464. The third-order valence-corrected chi connectivity index (χ3v) is 3.75. The van der Waals surface area contributed by atoms with Crippen molar-refractivity contribution >= 4 is 27.4 Å². The molecule has 2 heterocycles. The topological polar surface area (TPSA) is 42.2 Å². The van der Waals surface area contributed by atoms with Gasteiger partial charge >= 0.3 is 0 Å². The van der Waals surface area contributed by atoms with Crippen LogP contribution in [0, 0.1) is 11.8 Å². The average molecular weight is 339 g/mol. The summed E-state index contributed by atoms with van der Waals surface area (Å²) >= 11 is 3.47. The van der Waals surface area contributed by atoms with Crippen molar-refractivity contribution in [3.05, 3.63) is 22.9 Å². The molecule has 110 valence electrons. The summed E-state index contributed by atoms with van der Waals surface area (Å²) in [5.41, 5.74) is 0.850. The molecule has 0 unspecified atom stereocenters. The SMILES string of the molecule is CC(C)CC(CC(C)C)Nc1ccn2ncc(Br)c2n1. The Bertz CT molecular complexity index is 552. The first kappa shape index (κ1) is 15.3. The van der Waals surface area contributed by atoms with Gasteiger partial charge in [0.2, 0.25) is 0 Å². The smallest absolute Gasteiger partial charge is 0.171 e. The molecule has 2 aromatic rings. The Morgan fingerprint density at radius 1 is 1.20 bits per heavy atom. The second kappa shape index (κ2) is 6.57. The highest BCUT2D eigenvalue weighted by Crippen LogP contribution is 2.20. The predicted molar refractivity (Wildman–Crippen MR) is 87.0 cm³/mol. The molecular weight excluding hydrogens is 316 g/mol. The summed E-state index contributed by atoms with van der Waals surface area (Å²) in [5, 5.41) is 7.79. The molecule has 0 spiro atoms. The maximum absolute atomic E-state index is 4.63. The summed E-state index contributed by atoms with van der Waals surface area (Å²) in [7, 11) is 0. The Kier molecular flexibility index (Phi) is 5.02. The van der Waals surface area contributed by atoms with Gasteiger partial charge in [0.1, 0.15) is 5.82 Å². The fourth-order valence-corrected chi connectivity index (χ4v) is 2.84. The maximum atomic E-state index is 4.63. The Morgan fingerprint density at radius 2 is 1.85 bits per heavy atom. The molecule has 0 amide bonds. The number of aromatic nitrogens is 3. The third-order valence-electron chi connectivity index (χ3n) is 3.19. The Morgan fingerprint density at radius 3 is 2.45 bits per heavy atom. The van der Waals surface area contributed by atoms with Crippen LogP contribution in [0.4, 0.5) is 5.82 Å². The lowest BCUT2D eigenvalue weighted by molar-refractivity contribution is 0.441. The van der Waals surface area contributed by atoms with Gasteiger partial charge < -0.3 is 5.32 Å². The van der Waals surface area contributed by atoms with Gasteiger partial charge in [-0.15, -0.1) is 0 Å². The van der Waals surface area contributed by atoms with Crippen molar-refractivity contribution in [3.8, 4) is 0 Å². The zero-order chi connectivity index (χ0) is 14.7. The van der Waals surface area contributed by atoms with Crippen molar-refractivity contribution < 1.29 is 0 Å². The van der Waals surface area contributed by atoms with Crippen molar-refractivity contribution in [3.63, 3.8) is 0 Å². The first-order valence-corrected chi connectivity index (χ1v) is 8.01. The van der Waals surface area contributed by atoms with E-state index in [2.05, 4.69) is 59.0 Å². The zero-order valence-corrected chi connectivity index (χ0v) is 14.2. The van der Waals surface area contributed by atoms with Gasteiger partial charge in [0.25, 0.3) is 0 Å². The molecule has 0 saturated carbocycles. The van der Waals surface area contributed by atoms with E-state index >= 15 is 0 Å². The van der Waals surface area contributed by atoms with Gasteiger partial charge in [0.15, 0.2) is 5.65 Å². The van der Waals surface area contributed by atoms with Crippen molar-refractivity contribution in [2.24, 2.45) is 11.8 Å². The molecule has 2 aromatic heterocycles. The van der Waals surface area contributed by atoms with E-state index in [0.29, 0.717) is 17.9 Å². The number of hydrogen-bond acceptors (Lipinski definition) is 3. The number of hydrogen-bond donors (Lipinski definition) is 1. The Hall–Kier alpha value is -1.10. The molecule has 0 bridgehead atoms. The van der Waals surface area contributed by atoms with E-state index in [1.54, 1.807) is 10.7 Å². The Labute approximate surface area is 129 Å². The van der Waals surface area contributed by atoms with Crippen molar-refractivity contribution in [2.45, 2.75) is 46.6 Å². The molecule has 0 aromatic carbocycles. The van der Waals surface area contributed by atoms with Crippen LogP contribution in [-0.4, -0.2) is 20.6 Å². The zero-order valence-electron chi connectivity index (χ0n) is 12.6. The lowest BCUT2D eigenvalue weighted by Crippen LogP contribution is -2.24. The normalized spacial score (nSPS) is 12.0. The quantitative estimate of drug-likeness (QED) is 0.850. The van der Waals surface area contributed by atoms with E-state index in [4.69, 9.17) is 0 Å². The van der Waals surface area contributed by atoms with E-state index in [-0.39, 0.29) is 0 Å². The fraction of sp³-hybridized carbons (Fsp3) is 0.600. The number of fused-ring (bicyclic) bond motifs is 1. The monoisotopic (exact) mass is 338 g/mol. The van der Waals surface area contributed by atoms with Gasteiger partial charge in [-0.1, -0.05) is 27.7 Å². The highest BCUT2D eigenvalue weighted by molar-refractivity contribution is 9.10. The van der Waals surface area contributed by atoms with Crippen LogP contribution in [0.5, 0.6) is 0 Å². The number of halogens is 1. The third kappa shape index (κ3) is 3.95. The lowest BCUT2D eigenvalue weighted by Gasteiger charge is -2.23. The maximum Gasteiger partial charge on any atom is 0.171 e. The van der Waals surface area contributed by atoms with E-state index in [1.807, 2.05) is 12.3 Å². The van der Waals surface area contributed by atoms with Crippen LogP contribution in [0.1, 0.15) is 40.5 Å². The number of rotatable bonds is 6. The molecule has 20 heavy (non-hydrogen) atoms. The number of anilines is 1. The molecule has 0 atom stereocenters. The van der Waals surface area contributed by atoms with Gasteiger partial charge in [-0.05, 0) is 46.7 Å². The van der Waals surface area contributed by atoms with Crippen LogP contribution in [0.15, 0.2) is 22.9 Å². The van der Waals surface area contributed by atoms with Crippen molar-refractivity contribution in [2.75, 3.05) is 5.32 Å². The van der Waals surface area contributed by atoms with Crippen LogP contribution in [0.2, 0.25) is 0 Å². The minimum Gasteiger partial charge on any atom is -0.367 e. The first-order chi connectivity index (χ1) is 9.45. The van der Waals surface area contributed by atoms with Crippen molar-refractivity contribution in [1.82, 2.24) is 14.6 Å². The van der Waals surface area contributed by atoms with Gasteiger partial charge in [-0.25, -0.2) is 9.50 Å². The van der Waals surface area contributed by atoms with Crippen LogP contribution < -0.4 is 5.32 Å². The standard InChI is InChI=1S/C15H23BrN4/c1-10(2)7-12(8-11(3)4)18-14-5-6-20-15(19-14)13(16)9-17-20/h5-6,9-12H,7-8H2,1-4H3,(H,18,19). The molecule has 4 nitrogen and oxygen atoms in total. The molecule has 0 aliphatic rings. The van der Waals surface area contributed by atoms with E-state index in [9.17, 15) is 0 Å². The average Bonchev–Trinajstić information content (AvgIpc) is 2.69. The van der Waals surface area contributed by atoms with Crippen LogP contribution in [0.3, 0.4) is 0 Å². The summed E-state index contributed by atoms with van der Waals surface area (Å²) in [6, 6.07) is 2.45. The molecule has 0 saturated heterocycles. The highest BCUT2D eigenvalue weighted by atomic mass is 79.9. The summed E-state index contributed by atoms with van der Waals surface area (Å²) in [4.78, 5) is 4.63. The van der Waals surface area contributed by atoms with E-state index < -0.39 is 0 Å². The summed E-state index contributed by atoms with van der Waals surface area (Å²) in [6.07, 6.45) is 6.03. The summed E-state index contributed by atoms with van der Waals surface area (Å²) in [5.74, 6) is 2.28. The molecule has 0 aliphatic carbocycles. The van der Waals surface area contributed by atoms with Crippen LogP contribution >= 0.6 is 15.9 Å². The van der Waals surface area contributed by atoms with E-state index in [0.717, 1.165) is 28.8 Å². The number of nitrogens with zero attached hydrogens (tertiary/aromatic N) is 3. The first-order valence-electron chi connectivity index (χ1n) is 7.22. The van der Waals surface area contributed by atoms with Crippen molar-refractivity contribution in [1.29, 1.82) is 0 Å². The predicted octanol–water partition coefficient (Wildman–Crippen LogP) is 4.36. The molecule has 1 N–H and O–H groups in total. The van der Waals surface area contributed by atoms with Crippen LogP contribution in [-0.2, 0) is 0 Å². The Balaban J connectivity index is 2.16. The molecule has 2 rings (SSSR count). The van der Waals surface area contributed by atoms with E-state index in [1.165, 1.54) is 0 Å². The highest BCUT2D eigenvalue weighted by Gasteiger charge is 2.14. The lowest BCUT2D eigenvalue weighted by atomic mass is 9.95. The fourth-order valence-electron chi connectivity index (χ4n) is 2.48. The molecule has 5 heteroatoms. The van der Waals surface area contributed by atoms with Crippen LogP contribution in [0.25, 0.3) is 5.65 Å². The van der Waals surface area contributed by atoms with Gasteiger partial charge in [-0.3, -0.25) is 0 Å². The number of nitrogens with one attached hydrogen (secondary N) is 1. The minimum absolute atomic E-state index is 0.464. The second-order valence-corrected chi connectivity index (χ2v) is 7.03. The molecular formula is C15H23BrN4. The molecule has 0 radical (unpaired) electrons.